The fourth-order valence-corrected chi connectivity index (χ4v) is 3.45. The van der Waals surface area contributed by atoms with Gasteiger partial charge in [0.25, 0.3) is 0 Å². The zero-order chi connectivity index (χ0) is 22.7. The Morgan fingerprint density at radius 1 is 1.35 bits per heavy atom. The number of nitrogen functional groups attached to an aromatic ring is 1. The van der Waals surface area contributed by atoms with E-state index < -0.39 is 12.0 Å². The number of anilines is 1. The van der Waals surface area contributed by atoms with Gasteiger partial charge in [0, 0.05) is 39.1 Å². The van der Waals surface area contributed by atoms with Crippen molar-refractivity contribution in [1.29, 1.82) is 0 Å². The van der Waals surface area contributed by atoms with E-state index >= 15 is 0 Å². The number of aliphatic hydroxyl groups is 1. The molecule has 0 aliphatic rings. The average Bonchev–Trinajstić information content (AvgIpc) is 3.03. The summed E-state index contributed by atoms with van der Waals surface area (Å²) in [7, 11) is 0. The van der Waals surface area contributed by atoms with E-state index in [1.807, 2.05) is 19.4 Å². The number of aryl methyl sites for hydroxylation is 1. The normalized spacial score (nSPS) is 11.0. The van der Waals surface area contributed by atoms with E-state index in [-0.39, 0.29) is 37.8 Å². The minimum absolute atomic E-state index is 0. The van der Waals surface area contributed by atoms with Gasteiger partial charge in [-0.2, -0.15) is 4.57 Å². The van der Waals surface area contributed by atoms with Crippen LogP contribution in [0.4, 0.5) is 5.82 Å². The van der Waals surface area contributed by atoms with Crippen LogP contribution in [0.1, 0.15) is 41.7 Å². The number of halogens is 1. The smallest absolute Gasteiger partial charge is 0.320 e. The molecule has 174 valence electrons. The Hall–Kier alpha value is -2.34. The van der Waals surface area contributed by atoms with E-state index in [9.17, 15) is 9.59 Å². The molecule has 10 nitrogen and oxygen atoms in total. The van der Waals surface area contributed by atoms with Crippen molar-refractivity contribution < 1.29 is 36.8 Å². The summed E-state index contributed by atoms with van der Waals surface area (Å²) >= 11 is 1.65. The number of aliphatic hydroxyl groups excluding tert-OH is 1. The second kappa shape index (κ2) is 14.6. The zero-order valence-corrected chi connectivity index (χ0v) is 19.5. The van der Waals surface area contributed by atoms with Crippen molar-refractivity contribution >= 4 is 29.0 Å². The highest BCUT2D eigenvalue weighted by molar-refractivity contribution is 7.09. The van der Waals surface area contributed by atoms with Gasteiger partial charge in [0.05, 0.1) is 10.4 Å². The van der Waals surface area contributed by atoms with E-state index in [0.717, 1.165) is 11.3 Å². The molecule has 12 heteroatoms. The Bertz CT molecular complexity index is 849. The SMILES string of the molecule is CCNC(=O)CC[C@H](N)C(=O)O.Cc1ncc(C[n+]2csc(CCO)c2C)c(N)n1.[Cl-]. The molecule has 7 N–H and O–H groups in total. The molecule has 0 saturated heterocycles. The van der Waals surface area contributed by atoms with E-state index in [1.54, 1.807) is 24.5 Å². The van der Waals surface area contributed by atoms with Crippen molar-refractivity contribution in [3.8, 4) is 0 Å². The number of nitrogens with two attached hydrogens (primary N) is 2. The number of aliphatic carboxylic acids is 1. The number of carboxylic acid groups (broad SMARTS) is 1. The Morgan fingerprint density at radius 3 is 2.58 bits per heavy atom. The van der Waals surface area contributed by atoms with Gasteiger partial charge in [-0.25, -0.2) is 9.97 Å². The molecule has 1 amide bonds. The number of hydrogen-bond acceptors (Lipinski definition) is 8. The number of amides is 1. The molecule has 31 heavy (non-hydrogen) atoms. The highest BCUT2D eigenvalue weighted by atomic mass is 35.5. The van der Waals surface area contributed by atoms with Gasteiger partial charge in [-0.05, 0) is 20.3 Å². The minimum atomic E-state index is -1.07. The largest absolute Gasteiger partial charge is 1.00 e. The minimum Gasteiger partial charge on any atom is -1.00 e. The van der Waals surface area contributed by atoms with Crippen LogP contribution in [-0.2, 0) is 22.6 Å². The second-order valence-corrected chi connectivity index (χ2v) is 7.54. The maximum Gasteiger partial charge on any atom is 0.320 e. The molecule has 0 aliphatic carbocycles. The maximum absolute atomic E-state index is 10.8. The van der Waals surface area contributed by atoms with Gasteiger partial charge < -0.3 is 39.4 Å². The topological polar surface area (TPSA) is 168 Å². The van der Waals surface area contributed by atoms with E-state index in [2.05, 4.69) is 19.9 Å². The van der Waals surface area contributed by atoms with Crippen LogP contribution in [0.15, 0.2) is 11.7 Å². The fourth-order valence-electron chi connectivity index (χ4n) is 2.46. The molecule has 2 rings (SSSR count). The van der Waals surface area contributed by atoms with Crippen LogP contribution in [0.25, 0.3) is 0 Å². The second-order valence-electron chi connectivity index (χ2n) is 6.60. The quantitative estimate of drug-likeness (QED) is 0.238. The Kier molecular flexibility index (Phi) is 13.5. The van der Waals surface area contributed by atoms with Gasteiger partial charge in [-0.15, -0.1) is 0 Å². The summed E-state index contributed by atoms with van der Waals surface area (Å²) in [5, 5.41) is 19.9. The Labute approximate surface area is 192 Å². The number of thiazole rings is 1. The summed E-state index contributed by atoms with van der Waals surface area (Å²) in [6, 6.07) is -0.937. The molecule has 0 radical (unpaired) electrons. The first-order valence-corrected chi connectivity index (χ1v) is 10.5. The summed E-state index contributed by atoms with van der Waals surface area (Å²) in [6.07, 6.45) is 2.82. The standard InChI is InChI=1S/C12H17N4OS.C7H14N2O3.ClH/c1-8-11(3-4-17)18-7-16(8)6-10-5-14-9(2)15-12(10)13;1-2-9-6(10)4-3-5(8)7(11)12;/h5,7,17H,3-4,6H2,1-2H3,(H2,13,14,15);5H,2-4,8H2,1H3,(H,9,10)(H,11,12);1H/q+1;;/p-1/t;5-;/m.0./s1. The fraction of sp³-hybridized carbons (Fsp3) is 0.526. The average molecular weight is 475 g/mol. The molecular weight excluding hydrogens is 444 g/mol. The van der Waals surface area contributed by atoms with Crippen LogP contribution in [0.5, 0.6) is 0 Å². The molecule has 0 saturated carbocycles. The highest BCUT2D eigenvalue weighted by Gasteiger charge is 2.17. The third kappa shape index (κ3) is 10.0. The molecule has 0 bridgehead atoms. The van der Waals surface area contributed by atoms with E-state index in [1.165, 1.54) is 4.88 Å². The monoisotopic (exact) mass is 474 g/mol. The number of hydrogen-bond donors (Lipinski definition) is 5. The van der Waals surface area contributed by atoms with Crippen LogP contribution < -0.4 is 33.8 Å². The van der Waals surface area contributed by atoms with Crippen molar-refractivity contribution in [3.63, 3.8) is 0 Å². The van der Waals surface area contributed by atoms with Crippen LogP contribution >= 0.6 is 11.3 Å². The Morgan fingerprint density at radius 2 is 2.03 bits per heavy atom. The molecule has 1 atom stereocenters. The van der Waals surface area contributed by atoms with Gasteiger partial charge in [0.1, 0.15) is 17.7 Å². The molecule has 2 aromatic heterocycles. The lowest BCUT2D eigenvalue weighted by atomic mass is 10.1. The first-order chi connectivity index (χ1) is 14.2. The summed E-state index contributed by atoms with van der Waals surface area (Å²) < 4.78 is 2.11. The van der Waals surface area contributed by atoms with Crippen molar-refractivity contribution in [2.24, 2.45) is 5.73 Å². The molecule has 0 aromatic carbocycles. The predicted molar refractivity (Wildman–Crippen MR) is 114 cm³/mol. The molecule has 0 aliphatic heterocycles. The number of nitrogens with one attached hydrogen (secondary N) is 1. The van der Waals surface area contributed by atoms with Gasteiger partial charge in [-0.1, -0.05) is 11.3 Å². The van der Waals surface area contributed by atoms with Crippen molar-refractivity contribution in [3.05, 3.63) is 33.7 Å². The van der Waals surface area contributed by atoms with E-state index in [4.69, 9.17) is 21.7 Å². The number of aromatic nitrogens is 3. The number of carbonyl (C=O) groups is 2. The molecule has 2 heterocycles. The van der Waals surface area contributed by atoms with Gasteiger partial charge >= 0.3 is 5.97 Å². The number of nitrogens with zero attached hydrogens (tertiary/aromatic N) is 3. The van der Waals surface area contributed by atoms with Gasteiger partial charge in [-0.3, -0.25) is 9.59 Å². The summed E-state index contributed by atoms with van der Waals surface area (Å²) in [4.78, 5) is 30.5. The summed E-state index contributed by atoms with van der Waals surface area (Å²) in [5.74, 6) is -0.0120. The van der Waals surface area contributed by atoms with Crippen LogP contribution in [0, 0.1) is 13.8 Å². The first kappa shape index (κ1) is 28.7. The first-order valence-electron chi connectivity index (χ1n) is 9.59. The number of rotatable bonds is 9. The van der Waals surface area contributed by atoms with Crippen LogP contribution in [0.3, 0.4) is 0 Å². The zero-order valence-electron chi connectivity index (χ0n) is 18.0. The van der Waals surface area contributed by atoms with E-state index in [0.29, 0.717) is 31.2 Å². The molecule has 0 spiro atoms. The van der Waals surface area contributed by atoms with Crippen molar-refractivity contribution in [1.82, 2.24) is 15.3 Å². The number of carboxylic acids is 1. The van der Waals surface area contributed by atoms with Gasteiger partial charge in [0.2, 0.25) is 11.4 Å². The lowest BCUT2D eigenvalue weighted by Gasteiger charge is -2.05. The lowest BCUT2D eigenvalue weighted by Crippen LogP contribution is -3.00. The van der Waals surface area contributed by atoms with Crippen LogP contribution in [-0.4, -0.2) is 51.3 Å². The molecule has 0 unspecified atom stereocenters. The maximum atomic E-state index is 10.8. The molecular formula is C19H31ClN6O4S. The van der Waals surface area contributed by atoms with Crippen molar-refractivity contribution in [2.75, 3.05) is 18.9 Å². The third-order valence-electron chi connectivity index (χ3n) is 4.23. The van der Waals surface area contributed by atoms with Gasteiger partial charge in [0.15, 0.2) is 12.2 Å². The molecule has 2 aromatic rings. The predicted octanol–water partition coefficient (Wildman–Crippen LogP) is -3.07. The summed E-state index contributed by atoms with van der Waals surface area (Å²) in [5.41, 5.74) is 15.2. The summed E-state index contributed by atoms with van der Waals surface area (Å²) in [6.45, 7) is 7.07. The Balaban J connectivity index is 0.000000612. The third-order valence-corrected chi connectivity index (χ3v) is 5.37. The number of carbonyl (C=O) groups excluding carboxylic acids is 1. The van der Waals surface area contributed by atoms with Crippen molar-refractivity contribution in [2.45, 2.75) is 52.6 Å². The highest BCUT2D eigenvalue weighted by Crippen LogP contribution is 2.13. The molecule has 0 fully saturated rings. The lowest BCUT2D eigenvalue weighted by molar-refractivity contribution is -0.689. The van der Waals surface area contributed by atoms with Crippen LogP contribution in [0.2, 0.25) is 0 Å².